The van der Waals surface area contributed by atoms with E-state index >= 15 is 0 Å². The molecule has 0 unspecified atom stereocenters. The van der Waals surface area contributed by atoms with Crippen molar-refractivity contribution < 1.29 is 4.74 Å². The number of nitrogens with zero attached hydrogens (tertiary/aromatic N) is 1. The third-order valence-corrected chi connectivity index (χ3v) is 3.34. The Labute approximate surface area is 115 Å². The van der Waals surface area contributed by atoms with Crippen molar-refractivity contribution in [2.75, 3.05) is 33.0 Å². The van der Waals surface area contributed by atoms with Crippen LogP contribution < -0.4 is 5.73 Å². The van der Waals surface area contributed by atoms with Crippen LogP contribution in [0.15, 0.2) is 36.4 Å². The Bertz CT molecular complexity index is 539. The molecule has 0 atom stereocenters. The molecule has 2 N–H and O–H groups in total. The minimum atomic E-state index is 0.803. The maximum Gasteiger partial charge on any atom is 0.0474 e. The lowest BCUT2D eigenvalue weighted by molar-refractivity contribution is 0.178. The molecule has 2 aromatic carbocycles. The fourth-order valence-electron chi connectivity index (χ4n) is 2.29. The Balaban J connectivity index is 2.09. The number of anilines is 1. The molecular formula is C16H22N2O. The highest BCUT2D eigenvalue weighted by Crippen LogP contribution is 2.22. The van der Waals surface area contributed by atoms with Crippen molar-refractivity contribution in [2.24, 2.45) is 0 Å². The van der Waals surface area contributed by atoms with Crippen LogP contribution in [0, 0.1) is 0 Å². The van der Waals surface area contributed by atoms with Crippen LogP contribution in [0.5, 0.6) is 0 Å². The number of nitrogens with two attached hydrogens (primary N) is 1. The van der Waals surface area contributed by atoms with E-state index in [1.807, 2.05) is 6.07 Å². The molecule has 0 saturated heterocycles. The van der Waals surface area contributed by atoms with Crippen LogP contribution in [0.3, 0.4) is 0 Å². The number of hydrogen-bond donors (Lipinski definition) is 1. The normalized spacial score (nSPS) is 11.3. The summed E-state index contributed by atoms with van der Waals surface area (Å²) < 4.78 is 5.07. The van der Waals surface area contributed by atoms with Gasteiger partial charge in [0.25, 0.3) is 0 Å². The van der Waals surface area contributed by atoms with E-state index in [9.17, 15) is 0 Å². The van der Waals surface area contributed by atoms with Gasteiger partial charge < -0.3 is 15.4 Å². The van der Waals surface area contributed by atoms with E-state index in [1.54, 1.807) is 7.11 Å². The lowest BCUT2D eigenvalue weighted by Gasteiger charge is -2.18. The Morgan fingerprint density at radius 3 is 2.53 bits per heavy atom. The Hall–Kier alpha value is -1.58. The molecular weight excluding hydrogens is 236 g/mol. The van der Waals surface area contributed by atoms with Gasteiger partial charge >= 0.3 is 0 Å². The van der Waals surface area contributed by atoms with Crippen molar-refractivity contribution in [2.45, 2.75) is 13.0 Å². The molecule has 2 rings (SSSR count). The highest BCUT2D eigenvalue weighted by Gasteiger charge is 2.05. The topological polar surface area (TPSA) is 38.5 Å². The van der Waals surface area contributed by atoms with Crippen LogP contribution in [0.1, 0.15) is 12.0 Å². The first kappa shape index (κ1) is 13.8. The molecule has 0 radical (unpaired) electrons. The fourth-order valence-corrected chi connectivity index (χ4v) is 2.29. The van der Waals surface area contributed by atoms with Crippen LogP contribution in [-0.4, -0.2) is 32.2 Å². The number of fused-ring (bicyclic) bond motifs is 1. The second kappa shape index (κ2) is 6.55. The van der Waals surface area contributed by atoms with Gasteiger partial charge in [-0.1, -0.05) is 24.3 Å². The van der Waals surface area contributed by atoms with Crippen LogP contribution in [0.2, 0.25) is 0 Å². The van der Waals surface area contributed by atoms with Crippen LogP contribution >= 0.6 is 0 Å². The zero-order valence-electron chi connectivity index (χ0n) is 11.7. The molecule has 3 nitrogen and oxygen atoms in total. The van der Waals surface area contributed by atoms with Gasteiger partial charge in [-0.05, 0) is 41.9 Å². The van der Waals surface area contributed by atoms with Crippen molar-refractivity contribution in [3.8, 4) is 0 Å². The monoisotopic (exact) mass is 258 g/mol. The highest BCUT2D eigenvalue weighted by molar-refractivity contribution is 5.86. The average molecular weight is 258 g/mol. The van der Waals surface area contributed by atoms with E-state index < -0.39 is 0 Å². The van der Waals surface area contributed by atoms with Crippen LogP contribution in [0.25, 0.3) is 10.8 Å². The molecule has 0 fully saturated rings. The molecule has 102 valence electrons. The summed E-state index contributed by atoms with van der Waals surface area (Å²) in [4.78, 5) is 2.28. The predicted octanol–water partition coefficient (Wildman–Crippen LogP) is 2.89. The molecule has 0 spiro atoms. The molecule has 0 aromatic heterocycles. The first-order valence-electron chi connectivity index (χ1n) is 6.65. The summed E-state index contributed by atoms with van der Waals surface area (Å²) in [6, 6.07) is 12.6. The van der Waals surface area contributed by atoms with Gasteiger partial charge in [-0.2, -0.15) is 0 Å². The van der Waals surface area contributed by atoms with Gasteiger partial charge in [0.15, 0.2) is 0 Å². The van der Waals surface area contributed by atoms with Gasteiger partial charge in [0.2, 0.25) is 0 Å². The zero-order valence-corrected chi connectivity index (χ0v) is 11.7. The summed E-state index contributed by atoms with van der Waals surface area (Å²) in [6.45, 7) is 2.69. The van der Waals surface area contributed by atoms with Gasteiger partial charge in [0.1, 0.15) is 0 Å². The van der Waals surface area contributed by atoms with E-state index in [4.69, 9.17) is 10.5 Å². The summed E-state index contributed by atoms with van der Waals surface area (Å²) in [5, 5.41) is 2.45. The second-order valence-electron chi connectivity index (χ2n) is 4.98. The molecule has 0 aliphatic rings. The van der Waals surface area contributed by atoms with Gasteiger partial charge in [0.05, 0.1) is 0 Å². The number of methoxy groups -OCH3 is 1. The molecule has 0 heterocycles. The molecule has 19 heavy (non-hydrogen) atoms. The van der Waals surface area contributed by atoms with Crippen molar-refractivity contribution in [1.29, 1.82) is 0 Å². The maximum atomic E-state index is 6.14. The minimum absolute atomic E-state index is 0.803. The van der Waals surface area contributed by atoms with E-state index in [-0.39, 0.29) is 0 Å². The van der Waals surface area contributed by atoms with Gasteiger partial charge in [0, 0.05) is 32.5 Å². The number of hydrogen-bond acceptors (Lipinski definition) is 3. The SMILES string of the molecule is COCCCN(C)Cc1cc2ccccc2cc1N. The summed E-state index contributed by atoms with van der Waals surface area (Å²) in [5.74, 6) is 0. The number of benzene rings is 2. The average Bonchev–Trinajstić information content (AvgIpc) is 2.40. The molecule has 3 heteroatoms. The summed E-state index contributed by atoms with van der Waals surface area (Å²) in [7, 11) is 3.85. The third kappa shape index (κ3) is 3.69. The van der Waals surface area contributed by atoms with E-state index in [2.05, 4.69) is 42.3 Å². The van der Waals surface area contributed by atoms with Crippen molar-refractivity contribution in [3.05, 3.63) is 42.0 Å². The molecule has 0 aliphatic carbocycles. The molecule has 0 aliphatic heterocycles. The molecule has 0 saturated carbocycles. The van der Waals surface area contributed by atoms with E-state index in [0.717, 1.165) is 31.8 Å². The van der Waals surface area contributed by atoms with Gasteiger partial charge in [-0.3, -0.25) is 0 Å². The smallest absolute Gasteiger partial charge is 0.0474 e. The lowest BCUT2D eigenvalue weighted by Crippen LogP contribution is -2.20. The Morgan fingerprint density at radius 2 is 1.84 bits per heavy atom. The fraction of sp³-hybridized carbons (Fsp3) is 0.375. The van der Waals surface area contributed by atoms with E-state index in [1.165, 1.54) is 16.3 Å². The van der Waals surface area contributed by atoms with Gasteiger partial charge in [-0.15, -0.1) is 0 Å². The third-order valence-electron chi connectivity index (χ3n) is 3.34. The molecule has 0 amide bonds. The predicted molar refractivity (Wildman–Crippen MR) is 81.2 cm³/mol. The first-order chi connectivity index (χ1) is 9.20. The number of ether oxygens (including phenoxy) is 1. The largest absolute Gasteiger partial charge is 0.398 e. The molecule has 2 aromatic rings. The number of rotatable bonds is 6. The molecule has 0 bridgehead atoms. The first-order valence-corrected chi connectivity index (χ1v) is 6.65. The highest BCUT2D eigenvalue weighted by atomic mass is 16.5. The van der Waals surface area contributed by atoms with Crippen molar-refractivity contribution >= 4 is 16.5 Å². The maximum absolute atomic E-state index is 6.14. The Kier molecular flexibility index (Phi) is 4.77. The summed E-state index contributed by atoms with van der Waals surface area (Å²) in [5.41, 5.74) is 8.20. The van der Waals surface area contributed by atoms with E-state index in [0.29, 0.717) is 0 Å². The second-order valence-corrected chi connectivity index (χ2v) is 4.98. The minimum Gasteiger partial charge on any atom is -0.398 e. The van der Waals surface area contributed by atoms with Crippen LogP contribution in [-0.2, 0) is 11.3 Å². The number of nitrogen functional groups attached to an aromatic ring is 1. The summed E-state index contributed by atoms with van der Waals surface area (Å²) >= 11 is 0. The quantitative estimate of drug-likeness (QED) is 0.639. The summed E-state index contributed by atoms with van der Waals surface area (Å²) in [6.07, 6.45) is 1.04. The zero-order chi connectivity index (χ0) is 13.7. The van der Waals surface area contributed by atoms with Crippen molar-refractivity contribution in [3.63, 3.8) is 0 Å². The van der Waals surface area contributed by atoms with Gasteiger partial charge in [-0.25, -0.2) is 0 Å². The lowest BCUT2D eigenvalue weighted by atomic mass is 10.0. The Morgan fingerprint density at radius 1 is 1.16 bits per heavy atom. The van der Waals surface area contributed by atoms with Crippen molar-refractivity contribution in [1.82, 2.24) is 4.90 Å². The standard InChI is InChI=1S/C16H22N2O/c1-18(8-5-9-19-2)12-15-10-13-6-3-4-7-14(13)11-16(15)17/h3-4,6-7,10-11H,5,8-9,12,17H2,1-2H3. The van der Waals surface area contributed by atoms with Crippen LogP contribution in [0.4, 0.5) is 5.69 Å².